The number of aryl methyl sites for hydroxylation is 1. The molecule has 0 saturated carbocycles. The summed E-state index contributed by atoms with van der Waals surface area (Å²) in [5.74, 6) is 2.58. The maximum absolute atomic E-state index is 11.7. The maximum atomic E-state index is 11.7. The highest BCUT2D eigenvalue weighted by molar-refractivity contribution is 7.89. The van der Waals surface area contributed by atoms with Crippen LogP contribution in [0.2, 0.25) is 0 Å². The Kier molecular flexibility index (Phi) is 13.9. The minimum atomic E-state index is -3.75. The molecule has 1 aromatic heterocycles. The number of nitrogens with one attached hydrogen (secondary N) is 1. The first-order chi connectivity index (χ1) is 18.9. The molecule has 0 fully saturated rings. The summed E-state index contributed by atoms with van der Waals surface area (Å²) in [6.07, 6.45) is 7.76. The van der Waals surface area contributed by atoms with E-state index >= 15 is 0 Å². The predicted molar refractivity (Wildman–Crippen MR) is 167 cm³/mol. The summed E-state index contributed by atoms with van der Waals surface area (Å²) in [5, 5.41) is 13.1. The van der Waals surface area contributed by atoms with E-state index in [0.717, 1.165) is 91.6 Å². The molecule has 3 rings (SSSR count). The van der Waals surface area contributed by atoms with Crippen molar-refractivity contribution < 1.29 is 12.9 Å². The largest absolute Gasteiger partial charge is 0.360 e. The van der Waals surface area contributed by atoms with E-state index in [1.54, 1.807) is 12.1 Å². The molecule has 0 aliphatic carbocycles. The average molecular weight is 591 g/mol. The minimum absolute atomic E-state index is 0.0874. The Balaban J connectivity index is 1.51. The number of unbranched alkanes of at least 4 members (excludes halogenated alkanes) is 5. The second-order valence-electron chi connectivity index (χ2n) is 9.67. The summed E-state index contributed by atoms with van der Waals surface area (Å²) in [6, 6.07) is 16.5. The van der Waals surface area contributed by atoms with Gasteiger partial charge in [-0.2, -0.15) is 25.3 Å². The lowest BCUT2D eigenvalue weighted by molar-refractivity contribution is 0.283. The van der Waals surface area contributed by atoms with Gasteiger partial charge < -0.3 is 14.7 Å². The first kappa shape index (κ1) is 31.7. The number of sulfonamides is 1. The zero-order valence-corrected chi connectivity index (χ0v) is 25.2. The van der Waals surface area contributed by atoms with Crippen molar-refractivity contribution in [3.8, 4) is 22.4 Å². The topological polar surface area (TPSA) is 101 Å². The Morgan fingerprint density at radius 3 is 2.15 bits per heavy atom. The normalized spacial score (nSPS) is 11.9. The van der Waals surface area contributed by atoms with Gasteiger partial charge in [-0.1, -0.05) is 73.3 Å². The van der Waals surface area contributed by atoms with Gasteiger partial charge >= 0.3 is 0 Å². The van der Waals surface area contributed by atoms with E-state index in [2.05, 4.69) is 40.6 Å². The molecule has 3 N–H and O–H groups in total. The lowest BCUT2D eigenvalue weighted by Gasteiger charge is -2.21. The van der Waals surface area contributed by atoms with Gasteiger partial charge in [0.1, 0.15) is 11.5 Å². The van der Waals surface area contributed by atoms with Crippen molar-refractivity contribution >= 4 is 35.3 Å². The Bertz CT molecular complexity index is 1200. The molecule has 214 valence electrons. The summed E-state index contributed by atoms with van der Waals surface area (Å²) in [5.41, 5.74) is 3.50. The van der Waals surface area contributed by atoms with Crippen molar-refractivity contribution in [1.82, 2.24) is 15.4 Å². The van der Waals surface area contributed by atoms with Crippen molar-refractivity contribution in [2.45, 2.75) is 49.8 Å². The Morgan fingerprint density at radius 1 is 0.795 bits per heavy atom. The van der Waals surface area contributed by atoms with E-state index in [9.17, 15) is 8.42 Å². The SMILES string of the molecule is NS(=O)(=O)c1ccc(-c2c(-c3ccccc3)noc2CCCCCCCCN(CCS)CCNCCS)cc1. The summed E-state index contributed by atoms with van der Waals surface area (Å²) >= 11 is 8.65. The van der Waals surface area contributed by atoms with Crippen LogP contribution < -0.4 is 10.5 Å². The Hall–Kier alpha value is -1.82. The molecule has 0 amide bonds. The predicted octanol–water partition coefficient (Wildman–Crippen LogP) is 5.29. The van der Waals surface area contributed by atoms with Gasteiger partial charge in [0.15, 0.2) is 0 Å². The molecule has 0 radical (unpaired) electrons. The molecule has 0 spiro atoms. The van der Waals surface area contributed by atoms with Gasteiger partial charge in [-0.05, 0) is 37.1 Å². The molecule has 0 bridgehead atoms. The van der Waals surface area contributed by atoms with Crippen LogP contribution in [-0.4, -0.2) is 62.7 Å². The second kappa shape index (κ2) is 17.1. The third-order valence-corrected chi connectivity index (χ3v) is 8.07. The average Bonchev–Trinajstić information content (AvgIpc) is 3.36. The number of aromatic nitrogens is 1. The molecule has 0 atom stereocenters. The van der Waals surface area contributed by atoms with E-state index in [-0.39, 0.29) is 4.90 Å². The number of nitrogens with zero attached hydrogens (tertiary/aromatic N) is 2. The minimum Gasteiger partial charge on any atom is -0.360 e. The van der Waals surface area contributed by atoms with Gasteiger partial charge in [0.05, 0.1) is 10.5 Å². The van der Waals surface area contributed by atoms with Gasteiger partial charge in [0.2, 0.25) is 10.0 Å². The smallest absolute Gasteiger partial charge is 0.238 e. The highest BCUT2D eigenvalue weighted by Crippen LogP contribution is 2.35. The van der Waals surface area contributed by atoms with Crippen LogP contribution in [0.1, 0.15) is 44.3 Å². The van der Waals surface area contributed by atoms with E-state index in [0.29, 0.717) is 0 Å². The molecule has 7 nitrogen and oxygen atoms in total. The van der Waals surface area contributed by atoms with Crippen LogP contribution in [0, 0.1) is 0 Å². The lowest BCUT2D eigenvalue weighted by Crippen LogP contribution is -2.34. The van der Waals surface area contributed by atoms with Crippen LogP contribution in [0.4, 0.5) is 0 Å². The first-order valence-electron chi connectivity index (χ1n) is 13.8. The van der Waals surface area contributed by atoms with Crippen molar-refractivity contribution in [2.24, 2.45) is 5.14 Å². The molecular formula is C29H42N4O3S3. The van der Waals surface area contributed by atoms with Gasteiger partial charge in [-0.15, -0.1) is 0 Å². The molecule has 0 aliphatic rings. The molecule has 0 unspecified atom stereocenters. The van der Waals surface area contributed by atoms with E-state index in [4.69, 9.17) is 9.66 Å². The fourth-order valence-electron chi connectivity index (χ4n) is 4.64. The van der Waals surface area contributed by atoms with Gasteiger partial charge in [-0.3, -0.25) is 0 Å². The first-order valence-corrected chi connectivity index (χ1v) is 16.6. The zero-order valence-electron chi connectivity index (χ0n) is 22.6. The number of benzene rings is 2. The number of rotatable bonds is 19. The van der Waals surface area contributed by atoms with Gasteiger partial charge in [0, 0.05) is 49.7 Å². The maximum Gasteiger partial charge on any atom is 0.238 e. The van der Waals surface area contributed by atoms with Gasteiger partial charge in [-0.25, -0.2) is 13.6 Å². The standard InChI is InChI=1S/C29H42N4O3S3/c30-39(34,35)26-15-13-24(14-16-26)28-27(36-32-29(28)25-10-6-5-7-11-25)12-8-3-1-2-4-9-19-33(21-23-38)20-17-31-18-22-37/h5-7,10-11,13-16,31,37-38H,1-4,8-9,12,17-23H2,(H2,30,34,35). The van der Waals surface area contributed by atoms with Crippen molar-refractivity contribution in [2.75, 3.05) is 44.2 Å². The molecule has 39 heavy (non-hydrogen) atoms. The highest BCUT2D eigenvalue weighted by atomic mass is 32.2. The summed E-state index contributed by atoms with van der Waals surface area (Å²) < 4.78 is 29.3. The van der Waals surface area contributed by atoms with Crippen LogP contribution in [0.15, 0.2) is 64.0 Å². The summed E-state index contributed by atoms with van der Waals surface area (Å²) in [7, 11) is -3.75. The van der Waals surface area contributed by atoms with Crippen LogP contribution in [0.3, 0.4) is 0 Å². The van der Waals surface area contributed by atoms with Gasteiger partial charge in [0.25, 0.3) is 0 Å². The quantitative estimate of drug-likeness (QED) is 0.112. The molecule has 10 heteroatoms. The number of thiol groups is 2. The second-order valence-corrected chi connectivity index (χ2v) is 12.1. The fourth-order valence-corrected chi connectivity index (χ4v) is 5.60. The Morgan fingerprint density at radius 2 is 1.49 bits per heavy atom. The van der Waals surface area contributed by atoms with Crippen LogP contribution in [-0.2, 0) is 16.4 Å². The molecule has 2 aromatic carbocycles. The van der Waals surface area contributed by atoms with E-state index in [1.165, 1.54) is 37.8 Å². The molecule has 0 aliphatic heterocycles. The number of hydrogen-bond donors (Lipinski definition) is 4. The van der Waals surface area contributed by atoms with Crippen molar-refractivity contribution in [3.63, 3.8) is 0 Å². The molecular weight excluding hydrogens is 549 g/mol. The van der Waals surface area contributed by atoms with Crippen LogP contribution in [0.5, 0.6) is 0 Å². The van der Waals surface area contributed by atoms with Crippen molar-refractivity contribution in [3.05, 3.63) is 60.4 Å². The molecule has 3 aromatic rings. The monoisotopic (exact) mass is 590 g/mol. The van der Waals surface area contributed by atoms with E-state index in [1.807, 2.05) is 30.3 Å². The van der Waals surface area contributed by atoms with Crippen LogP contribution in [0.25, 0.3) is 22.4 Å². The molecule has 0 saturated heterocycles. The summed E-state index contributed by atoms with van der Waals surface area (Å²) in [6.45, 7) is 5.16. The third-order valence-electron chi connectivity index (χ3n) is 6.72. The third kappa shape index (κ3) is 10.6. The van der Waals surface area contributed by atoms with E-state index < -0.39 is 10.0 Å². The number of primary sulfonamides is 1. The molecule has 1 heterocycles. The number of nitrogens with two attached hydrogens (primary N) is 1. The van der Waals surface area contributed by atoms with Crippen molar-refractivity contribution in [1.29, 1.82) is 0 Å². The zero-order chi connectivity index (χ0) is 27.9. The fraction of sp³-hybridized carbons (Fsp3) is 0.483. The van der Waals surface area contributed by atoms with Crippen LogP contribution >= 0.6 is 25.3 Å². The Labute approximate surface area is 244 Å². The highest BCUT2D eigenvalue weighted by Gasteiger charge is 2.20. The number of hydrogen-bond acceptors (Lipinski definition) is 8. The lowest BCUT2D eigenvalue weighted by atomic mass is 9.97. The summed E-state index contributed by atoms with van der Waals surface area (Å²) in [4.78, 5) is 2.58.